The molecular weight excluding hydrogens is 182 g/mol. The van der Waals surface area contributed by atoms with E-state index in [0.717, 1.165) is 6.54 Å². The number of hydrogen-bond acceptors (Lipinski definition) is 2. The summed E-state index contributed by atoms with van der Waals surface area (Å²) in [6.45, 7) is 2.66. The van der Waals surface area contributed by atoms with E-state index in [1.807, 2.05) is 0 Å². The molecule has 13 heavy (non-hydrogen) atoms. The van der Waals surface area contributed by atoms with Crippen LogP contribution in [0.4, 0.5) is 0 Å². The summed E-state index contributed by atoms with van der Waals surface area (Å²) >= 11 is 4.08. The van der Waals surface area contributed by atoms with Gasteiger partial charge in [0.15, 0.2) is 0 Å². The van der Waals surface area contributed by atoms with Crippen LogP contribution < -0.4 is 5.32 Å². The SMILES string of the molecule is CC(S)C(=O)NCC1CCCCC1. The average molecular weight is 201 g/mol. The number of hydrogen-bond donors (Lipinski definition) is 2. The first-order valence-corrected chi connectivity index (χ1v) is 5.67. The summed E-state index contributed by atoms with van der Waals surface area (Å²) in [5, 5.41) is 2.76. The minimum atomic E-state index is -0.177. The number of amides is 1. The molecule has 3 heteroatoms. The smallest absolute Gasteiger partial charge is 0.232 e. The van der Waals surface area contributed by atoms with Crippen LogP contribution >= 0.6 is 12.6 Å². The van der Waals surface area contributed by atoms with Gasteiger partial charge in [-0.2, -0.15) is 12.6 Å². The van der Waals surface area contributed by atoms with Crippen molar-refractivity contribution in [3.05, 3.63) is 0 Å². The molecular formula is C10H19NOS. The number of thiol groups is 1. The normalized spacial score (nSPS) is 21.1. The largest absolute Gasteiger partial charge is 0.355 e. The quantitative estimate of drug-likeness (QED) is 0.672. The molecule has 76 valence electrons. The Morgan fingerprint density at radius 2 is 2.08 bits per heavy atom. The van der Waals surface area contributed by atoms with Crippen molar-refractivity contribution in [1.82, 2.24) is 5.32 Å². The zero-order valence-corrected chi connectivity index (χ0v) is 9.15. The van der Waals surface area contributed by atoms with Crippen LogP contribution in [0.25, 0.3) is 0 Å². The van der Waals surface area contributed by atoms with Gasteiger partial charge in [-0.3, -0.25) is 4.79 Å². The van der Waals surface area contributed by atoms with Crippen LogP contribution in [0, 0.1) is 5.92 Å². The molecule has 1 atom stereocenters. The van der Waals surface area contributed by atoms with Crippen LogP contribution in [-0.2, 0) is 4.79 Å². The maximum atomic E-state index is 11.2. The number of carbonyl (C=O) groups is 1. The highest BCUT2D eigenvalue weighted by Crippen LogP contribution is 2.22. The van der Waals surface area contributed by atoms with E-state index in [1.54, 1.807) is 6.92 Å². The second kappa shape index (κ2) is 5.53. The van der Waals surface area contributed by atoms with Gasteiger partial charge in [0.25, 0.3) is 0 Å². The molecule has 2 nitrogen and oxygen atoms in total. The molecule has 1 N–H and O–H groups in total. The third kappa shape index (κ3) is 4.03. The molecule has 1 saturated carbocycles. The van der Waals surface area contributed by atoms with Crippen molar-refractivity contribution in [3.63, 3.8) is 0 Å². The van der Waals surface area contributed by atoms with Crippen LogP contribution in [0.15, 0.2) is 0 Å². The van der Waals surface area contributed by atoms with Crippen LogP contribution in [0.3, 0.4) is 0 Å². The van der Waals surface area contributed by atoms with E-state index in [0.29, 0.717) is 5.92 Å². The molecule has 1 unspecified atom stereocenters. The maximum absolute atomic E-state index is 11.2. The zero-order chi connectivity index (χ0) is 9.68. The molecule has 1 fully saturated rings. The Balaban J connectivity index is 2.13. The van der Waals surface area contributed by atoms with Gasteiger partial charge in [-0.25, -0.2) is 0 Å². The van der Waals surface area contributed by atoms with Crippen molar-refractivity contribution in [2.75, 3.05) is 6.54 Å². The van der Waals surface area contributed by atoms with Crippen molar-refractivity contribution >= 4 is 18.5 Å². The minimum absolute atomic E-state index is 0.0638. The monoisotopic (exact) mass is 201 g/mol. The summed E-state index contributed by atoms with van der Waals surface area (Å²) in [5.74, 6) is 0.777. The average Bonchev–Trinajstić information content (AvgIpc) is 2.15. The fraction of sp³-hybridized carbons (Fsp3) is 0.900. The predicted molar refractivity (Wildman–Crippen MR) is 58.0 cm³/mol. The van der Waals surface area contributed by atoms with Gasteiger partial charge in [0.2, 0.25) is 5.91 Å². The van der Waals surface area contributed by atoms with Gasteiger partial charge >= 0.3 is 0 Å². The van der Waals surface area contributed by atoms with Crippen molar-refractivity contribution in [3.8, 4) is 0 Å². The van der Waals surface area contributed by atoms with Gasteiger partial charge in [-0.05, 0) is 25.7 Å². The molecule has 0 saturated heterocycles. The Morgan fingerprint density at radius 3 is 2.62 bits per heavy atom. The molecule has 0 aliphatic heterocycles. The Hall–Kier alpha value is -0.180. The molecule has 0 aromatic carbocycles. The summed E-state index contributed by atoms with van der Waals surface area (Å²) in [6, 6.07) is 0. The van der Waals surface area contributed by atoms with E-state index < -0.39 is 0 Å². The third-order valence-electron chi connectivity index (χ3n) is 2.67. The molecule has 0 radical (unpaired) electrons. The first kappa shape index (κ1) is 10.9. The Bertz CT molecular complexity index is 164. The lowest BCUT2D eigenvalue weighted by molar-refractivity contribution is -0.120. The van der Waals surface area contributed by atoms with E-state index in [2.05, 4.69) is 17.9 Å². The highest BCUT2D eigenvalue weighted by molar-refractivity contribution is 7.81. The number of rotatable bonds is 3. The lowest BCUT2D eigenvalue weighted by atomic mass is 9.89. The third-order valence-corrected chi connectivity index (χ3v) is 2.90. The van der Waals surface area contributed by atoms with E-state index in [9.17, 15) is 4.79 Å². The van der Waals surface area contributed by atoms with Gasteiger partial charge < -0.3 is 5.32 Å². The maximum Gasteiger partial charge on any atom is 0.232 e. The lowest BCUT2D eigenvalue weighted by Gasteiger charge is -2.22. The summed E-state index contributed by atoms with van der Waals surface area (Å²) in [4.78, 5) is 11.2. The second-order valence-electron chi connectivity index (χ2n) is 3.93. The molecule has 0 heterocycles. The van der Waals surface area contributed by atoms with Crippen LogP contribution in [0.5, 0.6) is 0 Å². The van der Waals surface area contributed by atoms with Crippen molar-refractivity contribution in [1.29, 1.82) is 0 Å². The first-order valence-electron chi connectivity index (χ1n) is 5.16. The molecule has 0 bridgehead atoms. The predicted octanol–water partition coefficient (Wildman–Crippen LogP) is 2.00. The van der Waals surface area contributed by atoms with E-state index in [4.69, 9.17) is 0 Å². The fourth-order valence-electron chi connectivity index (χ4n) is 1.78. The van der Waals surface area contributed by atoms with E-state index in [-0.39, 0.29) is 11.2 Å². The van der Waals surface area contributed by atoms with E-state index in [1.165, 1.54) is 32.1 Å². The highest BCUT2D eigenvalue weighted by Gasteiger charge is 2.15. The van der Waals surface area contributed by atoms with Crippen LogP contribution in [0.2, 0.25) is 0 Å². The molecule has 0 aromatic rings. The Kier molecular flexibility index (Phi) is 4.64. The van der Waals surface area contributed by atoms with Gasteiger partial charge in [-0.15, -0.1) is 0 Å². The van der Waals surface area contributed by atoms with Crippen molar-refractivity contribution < 1.29 is 4.79 Å². The number of nitrogens with one attached hydrogen (secondary N) is 1. The Morgan fingerprint density at radius 1 is 1.46 bits per heavy atom. The second-order valence-corrected chi connectivity index (χ2v) is 4.70. The lowest BCUT2D eigenvalue weighted by Crippen LogP contribution is -2.34. The first-order chi connectivity index (χ1) is 6.20. The van der Waals surface area contributed by atoms with Crippen molar-refractivity contribution in [2.45, 2.75) is 44.3 Å². The van der Waals surface area contributed by atoms with Crippen LogP contribution in [0.1, 0.15) is 39.0 Å². The van der Waals surface area contributed by atoms with Gasteiger partial charge in [0, 0.05) is 6.54 Å². The van der Waals surface area contributed by atoms with Gasteiger partial charge in [-0.1, -0.05) is 19.3 Å². The zero-order valence-electron chi connectivity index (χ0n) is 8.25. The molecule has 1 aliphatic carbocycles. The van der Waals surface area contributed by atoms with Crippen LogP contribution in [-0.4, -0.2) is 17.7 Å². The topological polar surface area (TPSA) is 29.1 Å². The van der Waals surface area contributed by atoms with Gasteiger partial charge in [0.05, 0.1) is 5.25 Å². The summed E-state index contributed by atoms with van der Waals surface area (Å²) in [5.41, 5.74) is 0. The van der Waals surface area contributed by atoms with Gasteiger partial charge in [0.1, 0.15) is 0 Å². The summed E-state index contributed by atoms with van der Waals surface area (Å²) < 4.78 is 0. The number of carbonyl (C=O) groups excluding carboxylic acids is 1. The molecule has 0 aromatic heterocycles. The Labute approximate surface area is 85.9 Å². The molecule has 1 aliphatic rings. The standard InChI is InChI=1S/C10H19NOS/c1-8(13)10(12)11-7-9-5-3-2-4-6-9/h8-9,13H,2-7H2,1H3,(H,11,12). The summed E-state index contributed by atoms with van der Waals surface area (Å²) in [6.07, 6.45) is 6.59. The van der Waals surface area contributed by atoms with E-state index >= 15 is 0 Å². The molecule has 0 spiro atoms. The molecule has 1 rings (SSSR count). The minimum Gasteiger partial charge on any atom is -0.355 e. The summed E-state index contributed by atoms with van der Waals surface area (Å²) in [7, 11) is 0. The molecule has 1 amide bonds. The highest BCUT2D eigenvalue weighted by atomic mass is 32.1. The fourth-order valence-corrected chi connectivity index (χ4v) is 1.88. The van der Waals surface area contributed by atoms with Crippen molar-refractivity contribution in [2.24, 2.45) is 5.92 Å².